The molecule has 2 aromatic carbocycles. The van der Waals surface area contributed by atoms with Crippen molar-refractivity contribution >= 4 is 44.8 Å². The van der Waals surface area contributed by atoms with E-state index in [1.807, 2.05) is 53.9 Å². The number of nitrogens with zero attached hydrogens (tertiary/aromatic N) is 2. The highest BCUT2D eigenvalue weighted by molar-refractivity contribution is 6.50. The Balaban J connectivity index is 1.79. The van der Waals surface area contributed by atoms with Crippen LogP contribution in [0, 0.1) is 5.82 Å². The highest BCUT2D eigenvalue weighted by atomic mass is 19.1. The maximum atomic E-state index is 15.0. The van der Waals surface area contributed by atoms with Crippen LogP contribution in [-0.4, -0.2) is 46.9 Å². The fourth-order valence-corrected chi connectivity index (χ4v) is 4.24. The Morgan fingerprint density at radius 2 is 1.71 bits per heavy atom. The Morgan fingerprint density at radius 1 is 0.968 bits per heavy atom. The molecule has 2 amide bonds. The van der Waals surface area contributed by atoms with Crippen LogP contribution >= 0.6 is 0 Å². The number of imide groups is 1. The minimum Gasteiger partial charge on any atom is -0.361 e. The van der Waals surface area contributed by atoms with E-state index in [4.69, 9.17) is 0 Å². The van der Waals surface area contributed by atoms with Crippen LogP contribution in [0.1, 0.15) is 11.1 Å². The standard InChI is InChI=1S/C24H21FN4O2/c1-28(2)10-11-29-13-16(20-17(25)7-5-9-19(20)29)22-21(23(30)27-24(22)31)15-12-26-18-8-4-3-6-14(15)18/h3-9,12-13,26H,10-11H2,1-2H3,(H,27,30,31). The molecule has 2 aromatic heterocycles. The molecular weight excluding hydrogens is 395 g/mol. The summed E-state index contributed by atoms with van der Waals surface area (Å²) in [5.74, 6) is -1.41. The SMILES string of the molecule is CN(C)CCn1cc(C2=C(c3c[nH]c4ccccc34)C(=O)NC2=O)c2c(F)cccc21. The van der Waals surface area contributed by atoms with E-state index in [-0.39, 0.29) is 11.1 Å². The minimum absolute atomic E-state index is 0.202. The first-order valence-electron chi connectivity index (χ1n) is 10.0. The van der Waals surface area contributed by atoms with Gasteiger partial charge in [0.25, 0.3) is 11.8 Å². The molecule has 7 heteroatoms. The Morgan fingerprint density at radius 3 is 2.48 bits per heavy atom. The third-order valence-corrected chi connectivity index (χ3v) is 5.70. The monoisotopic (exact) mass is 416 g/mol. The first kappa shape index (κ1) is 19.3. The van der Waals surface area contributed by atoms with Crippen molar-refractivity contribution in [2.45, 2.75) is 6.54 Å². The lowest BCUT2D eigenvalue weighted by atomic mass is 9.95. The second-order valence-electron chi connectivity index (χ2n) is 7.95. The zero-order chi connectivity index (χ0) is 21.7. The van der Waals surface area contributed by atoms with Crippen molar-refractivity contribution in [3.8, 4) is 0 Å². The molecule has 6 nitrogen and oxygen atoms in total. The molecule has 3 heterocycles. The number of aromatic amines is 1. The number of nitrogens with one attached hydrogen (secondary N) is 2. The summed E-state index contributed by atoms with van der Waals surface area (Å²) in [6, 6.07) is 12.4. The van der Waals surface area contributed by atoms with Crippen molar-refractivity contribution in [2.75, 3.05) is 20.6 Å². The highest BCUT2D eigenvalue weighted by Gasteiger charge is 2.35. The summed E-state index contributed by atoms with van der Waals surface area (Å²) in [7, 11) is 3.93. The van der Waals surface area contributed by atoms with Crippen LogP contribution in [0.3, 0.4) is 0 Å². The van der Waals surface area contributed by atoms with Crippen molar-refractivity contribution in [1.29, 1.82) is 0 Å². The molecule has 0 radical (unpaired) electrons. The quantitative estimate of drug-likeness (QED) is 0.490. The summed E-state index contributed by atoms with van der Waals surface area (Å²) < 4.78 is 16.9. The number of benzene rings is 2. The number of aromatic nitrogens is 2. The van der Waals surface area contributed by atoms with Gasteiger partial charge < -0.3 is 14.5 Å². The van der Waals surface area contributed by atoms with Crippen LogP contribution in [-0.2, 0) is 16.1 Å². The largest absolute Gasteiger partial charge is 0.361 e. The van der Waals surface area contributed by atoms with Crippen LogP contribution in [0.15, 0.2) is 54.9 Å². The minimum atomic E-state index is -0.514. The van der Waals surface area contributed by atoms with Crippen LogP contribution in [0.25, 0.3) is 33.0 Å². The highest BCUT2D eigenvalue weighted by Crippen LogP contribution is 2.38. The van der Waals surface area contributed by atoms with Crippen LogP contribution in [0.4, 0.5) is 4.39 Å². The van der Waals surface area contributed by atoms with Crippen LogP contribution in [0.2, 0.25) is 0 Å². The number of para-hydroxylation sites is 1. The molecule has 0 saturated carbocycles. The summed E-state index contributed by atoms with van der Waals surface area (Å²) in [5, 5.41) is 3.58. The average Bonchev–Trinajstić information content (AvgIpc) is 3.40. The first-order chi connectivity index (χ1) is 15.0. The summed E-state index contributed by atoms with van der Waals surface area (Å²) in [6.45, 7) is 1.37. The molecule has 0 saturated heterocycles. The molecule has 0 spiro atoms. The number of hydrogen-bond acceptors (Lipinski definition) is 3. The lowest BCUT2D eigenvalue weighted by Crippen LogP contribution is -2.22. The molecule has 156 valence electrons. The van der Waals surface area contributed by atoms with Gasteiger partial charge in [-0.15, -0.1) is 0 Å². The number of hydrogen-bond donors (Lipinski definition) is 2. The van der Waals surface area contributed by atoms with Gasteiger partial charge in [0, 0.05) is 52.9 Å². The van der Waals surface area contributed by atoms with Gasteiger partial charge in [0.1, 0.15) is 5.82 Å². The maximum absolute atomic E-state index is 15.0. The average molecular weight is 416 g/mol. The van der Waals surface area contributed by atoms with Gasteiger partial charge in [0.05, 0.1) is 16.7 Å². The molecule has 1 aliphatic heterocycles. The van der Waals surface area contributed by atoms with E-state index in [0.717, 1.165) is 17.4 Å². The maximum Gasteiger partial charge on any atom is 0.259 e. The number of carbonyl (C=O) groups excluding carboxylic acids is 2. The number of halogens is 1. The number of rotatable bonds is 5. The predicted molar refractivity (Wildman–Crippen MR) is 119 cm³/mol. The first-order valence-corrected chi connectivity index (χ1v) is 10.0. The van der Waals surface area contributed by atoms with Gasteiger partial charge in [-0.25, -0.2) is 4.39 Å². The molecule has 0 bridgehead atoms. The Kier molecular flexibility index (Phi) is 4.48. The zero-order valence-electron chi connectivity index (χ0n) is 17.2. The van der Waals surface area contributed by atoms with Crippen LogP contribution < -0.4 is 5.32 Å². The van der Waals surface area contributed by atoms with Crippen molar-refractivity contribution in [2.24, 2.45) is 0 Å². The van der Waals surface area contributed by atoms with E-state index in [2.05, 4.69) is 10.3 Å². The summed E-state index contributed by atoms with van der Waals surface area (Å²) in [6.07, 6.45) is 3.50. The Bertz CT molecular complexity index is 1390. The summed E-state index contributed by atoms with van der Waals surface area (Å²) >= 11 is 0. The van der Waals surface area contributed by atoms with Gasteiger partial charge >= 0.3 is 0 Å². The lowest BCUT2D eigenvalue weighted by molar-refractivity contribution is -0.122. The number of fused-ring (bicyclic) bond motifs is 2. The third-order valence-electron chi connectivity index (χ3n) is 5.70. The van der Waals surface area contributed by atoms with Crippen molar-refractivity contribution in [3.05, 3.63) is 71.8 Å². The van der Waals surface area contributed by atoms with E-state index in [1.165, 1.54) is 6.07 Å². The van der Waals surface area contributed by atoms with Crippen molar-refractivity contribution in [1.82, 2.24) is 19.8 Å². The number of likely N-dealkylation sites (N-methyl/N-ethyl adjacent to an activating group) is 1. The van der Waals surface area contributed by atoms with Gasteiger partial charge in [-0.1, -0.05) is 24.3 Å². The fourth-order valence-electron chi connectivity index (χ4n) is 4.24. The summed E-state index contributed by atoms with van der Waals surface area (Å²) in [4.78, 5) is 30.9. The normalized spacial score (nSPS) is 14.5. The van der Waals surface area contributed by atoms with Crippen molar-refractivity contribution < 1.29 is 14.0 Å². The second-order valence-corrected chi connectivity index (χ2v) is 7.95. The van der Waals surface area contributed by atoms with E-state index >= 15 is 0 Å². The van der Waals surface area contributed by atoms with Crippen LogP contribution in [0.5, 0.6) is 0 Å². The Hall–Kier alpha value is -3.71. The zero-order valence-corrected chi connectivity index (χ0v) is 17.2. The van der Waals surface area contributed by atoms with Crippen molar-refractivity contribution in [3.63, 3.8) is 0 Å². The van der Waals surface area contributed by atoms with Gasteiger partial charge in [-0.05, 0) is 32.3 Å². The smallest absolute Gasteiger partial charge is 0.259 e. The number of carbonyl (C=O) groups is 2. The molecule has 0 unspecified atom stereocenters. The molecule has 31 heavy (non-hydrogen) atoms. The van der Waals surface area contributed by atoms with Gasteiger partial charge in [0.2, 0.25) is 0 Å². The second kappa shape index (κ2) is 7.21. The Labute approximate surface area is 178 Å². The van der Waals surface area contributed by atoms with E-state index in [1.54, 1.807) is 18.5 Å². The topological polar surface area (TPSA) is 70.1 Å². The third kappa shape index (κ3) is 3.05. The lowest BCUT2D eigenvalue weighted by Gasteiger charge is -2.11. The van der Waals surface area contributed by atoms with Gasteiger partial charge in [0.15, 0.2) is 0 Å². The molecule has 0 fully saturated rings. The van der Waals surface area contributed by atoms with E-state index in [0.29, 0.717) is 28.6 Å². The molecule has 0 aliphatic carbocycles. The fraction of sp³-hybridized carbons (Fsp3) is 0.167. The molecule has 2 N–H and O–H groups in total. The number of H-pyrrole nitrogens is 1. The molecular formula is C24H21FN4O2. The van der Waals surface area contributed by atoms with Gasteiger partial charge in [-0.2, -0.15) is 0 Å². The summed E-state index contributed by atoms with van der Waals surface area (Å²) in [5.41, 5.74) is 3.06. The molecule has 0 atom stereocenters. The molecule has 4 aromatic rings. The van der Waals surface area contributed by atoms with E-state index < -0.39 is 17.6 Å². The van der Waals surface area contributed by atoms with E-state index in [9.17, 15) is 14.0 Å². The number of amides is 2. The molecule has 1 aliphatic rings. The predicted octanol–water partition coefficient (Wildman–Crippen LogP) is 3.39. The van der Waals surface area contributed by atoms with Gasteiger partial charge in [-0.3, -0.25) is 14.9 Å². The molecule has 5 rings (SSSR count).